The molecule has 1 aromatic carbocycles. The van der Waals surface area contributed by atoms with E-state index < -0.39 is 16.1 Å². The molecule has 2 aromatic rings. The molecule has 1 atom stereocenters. The molecule has 1 N–H and O–H groups in total. The van der Waals surface area contributed by atoms with Crippen LogP contribution in [-0.4, -0.2) is 50.2 Å². The van der Waals surface area contributed by atoms with E-state index in [4.69, 9.17) is 0 Å². The quantitative estimate of drug-likeness (QED) is 0.671. The Hall–Kier alpha value is -2.23. The van der Waals surface area contributed by atoms with E-state index in [-0.39, 0.29) is 16.7 Å². The van der Waals surface area contributed by atoms with E-state index in [1.54, 1.807) is 37.3 Å². The lowest BCUT2D eigenvalue weighted by atomic mass is 10.1. The van der Waals surface area contributed by atoms with Crippen LogP contribution in [0.15, 0.2) is 40.6 Å². The van der Waals surface area contributed by atoms with Gasteiger partial charge in [0, 0.05) is 43.5 Å². The molecule has 0 fully saturated rings. The van der Waals surface area contributed by atoms with Crippen molar-refractivity contribution in [1.29, 1.82) is 0 Å². The molecule has 1 aromatic heterocycles. The number of carbonyl (C=O) groups excluding carboxylic acids is 2. The monoisotopic (exact) mass is 449 g/mol. The Morgan fingerprint density at radius 1 is 1.23 bits per heavy atom. The van der Waals surface area contributed by atoms with E-state index in [1.807, 2.05) is 17.5 Å². The van der Waals surface area contributed by atoms with Crippen LogP contribution < -0.4 is 10.2 Å². The SMILES string of the molecule is CCN(CC)S(=O)(=O)c1ccc2c(c1)C[C@H](C(=O)NCCc1cccs1)N2C(C)=O. The summed E-state index contributed by atoms with van der Waals surface area (Å²) in [4.78, 5) is 27.9. The molecule has 0 aliphatic carbocycles. The Morgan fingerprint density at radius 3 is 2.57 bits per heavy atom. The average Bonchev–Trinajstić information content (AvgIpc) is 3.35. The fourth-order valence-electron chi connectivity index (χ4n) is 3.78. The van der Waals surface area contributed by atoms with Crippen molar-refractivity contribution < 1.29 is 18.0 Å². The smallest absolute Gasteiger partial charge is 0.243 e. The van der Waals surface area contributed by atoms with Crippen molar-refractivity contribution in [2.45, 2.75) is 44.6 Å². The van der Waals surface area contributed by atoms with E-state index in [0.717, 1.165) is 6.42 Å². The van der Waals surface area contributed by atoms with Crippen molar-refractivity contribution in [1.82, 2.24) is 9.62 Å². The number of sulfonamides is 1. The minimum Gasteiger partial charge on any atom is -0.354 e. The van der Waals surface area contributed by atoms with Crippen molar-refractivity contribution in [3.8, 4) is 0 Å². The van der Waals surface area contributed by atoms with Gasteiger partial charge in [-0.05, 0) is 41.6 Å². The van der Waals surface area contributed by atoms with Gasteiger partial charge in [0.15, 0.2) is 0 Å². The molecule has 0 spiro atoms. The number of amides is 2. The van der Waals surface area contributed by atoms with Crippen molar-refractivity contribution in [3.05, 3.63) is 46.2 Å². The normalized spacial score (nSPS) is 16.0. The molecule has 7 nitrogen and oxygen atoms in total. The van der Waals surface area contributed by atoms with Gasteiger partial charge in [-0.3, -0.25) is 14.5 Å². The lowest BCUT2D eigenvalue weighted by Crippen LogP contribution is -2.47. The fraction of sp³-hybridized carbons (Fsp3) is 0.429. The zero-order valence-electron chi connectivity index (χ0n) is 17.4. The zero-order valence-corrected chi connectivity index (χ0v) is 19.1. The zero-order chi connectivity index (χ0) is 21.9. The van der Waals surface area contributed by atoms with Crippen molar-refractivity contribution in [2.24, 2.45) is 0 Å². The molecule has 0 radical (unpaired) electrons. The summed E-state index contributed by atoms with van der Waals surface area (Å²) in [6.07, 6.45) is 1.02. The van der Waals surface area contributed by atoms with Gasteiger partial charge in [-0.25, -0.2) is 8.42 Å². The Morgan fingerprint density at radius 2 is 1.97 bits per heavy atom. The van der Waals surface area contributed by atoms with E-state index in [0.29, 0.717) is 37.3 Å². The Bertz CT molecular complexity index is 1010. The number of hydrogen-bond donors (Lipinski definition) is 1. The number of benzene rings is 1. The maximum absolute atomic E-state index is 12.8. The van der Waals surface area contributed by atoms with Gasteiger partial charge >= 0.3 is 0 Å². The molecule has 0 saturated heterocycles. The molecule has 1 aliphatic rings. The first-order valence-electron chi connectivity index (χ1n) is 10.0. The van der Waals surface area contributed by atoms with E-state index in [9.17, 15) is 18.0 Å². The van der Waals surface area contributed by atoms with Crippen molar-refractivity contribution in [3.63, 3.8) is 0 Å². The van der Waals surface area contributed by atoms with Crippen LogP contribution in [0.5, 0.6) is 0 Å². The van der Waals surface area contributed by atoms with Gasteiger partial charge in [0.2, 0.25) is 21.8 Å². The lowest BCUT2D eigenvalue weighted by molar-refractivity contribution is -0.125. The van der Waals surface area contributed by atoms with Gasteiger partial charge in [0.1, 0.15) is 6.04 Å². The first-order valence-corrected chi connectivity index (χ1v) is 12.3. The third kappa shape index (κ3) is 4.43. The number of nitrogens with zero attached hydrogens (tertiary/aromatic N) is 2. The number of anilines is 1. The van der Waals surface area contributed by atoms with Crippen LogP contribution in [0, 0.1) is 0 Å². The van der Waals surface area contributed by atoms with Gasteiger partial charge in [0.05, 0.1) is 4.90 Å². The molecule has 0 saturated carbocycles. The van der Waals surface area contributed by atoms with E-state index in [1.165, 1.54) is 27.1 Å². The van der Waals surface area contributed by atoms with Crippen molar-refractivity contribution >= 4 is 38.9 Å². The maximum Gasteiger partial charge on any atom is 0.243 e. The summed E-state index contributed by atoms with van der Waals surface area (Å²) in [5.41, 5.74) is 1.29. The first-order chi connectivity index (χ1) is 14.3. The number of thiophene rings is 1. The molecule has 162 valence electrons. The number of rotatable bonds is 8. The summed E-state index contributed by atoms with van der Waals surface area (Å²) in [5, 5.41) is 4.90. The first kappa shape index (κ1) is 22.5. The Kier molecular flexibility index (Phi) is 6.95. The minimum absolute atomic E-state index is 0.187. The van der Waals surface area contributed by atoms with Crippen LogP contribution >= 0.6 is 11.3 Å². The number of hydrogen-bond acceptors (Lipinski definition) is 5. The third-order valence-corrected chi connectivity index (χ3v) is 8.25. The molecular formula is C21H27N3O4S2. The van der Waals surface area contributed by atoms with Crippen LogP contribution in [0.3, 0.4) is 0 Å². The molecule has 30 heavy (non-hydrogen) atoms. The third-order valence-electron chi connectivity index (χ3n) is 5.27. The summed E-state index contributed by atoms with van der Waals surface area (Å²) in [5.74, 6) is -0.474. The molecule has 0 bridgehead atoms. The van der Waals surface area contributed by atoms with Gasteiger partial charge in [-0.1, -0.05) is 19.9 Å². The highest BCUT2D eigenvalue weighted by molar-refractivity contribution is 7.89. The highest BCUT2D eigenvalue weighted by Crippen LogP contribution is 2.34. The summed E-state index contributed by atoms with van der Waals surface area (Å²) < 4.78 is 27.1. The number of carbonyl (C=O) groups is 2. The lowest BCUT2D eigenvalue weighted by Gasteiger charge is -2.23. The second-order valence-corrected chi connectivity index (χ2v) is 10.1. The van der Waals surface area contributed by atoms with Crippen LogP contribution in [0.1, 0.15) is 31.2 Å². The maximum atomic E-state index is 12.8. The molecule has 2 heterocycles. The van der Waals surface area contributed by atoms with Crippen LogP contribution in [0.4, 0.5) is 5.69 Å². The van der Waals surface area contributed by atoms with Gasteiger partial charge in [-0.15, -0.1) is 11.3 Å². The van der Waals surface area contributed by atoms with Crippen LogP contribution in [0.25, 0.3) is 0 Å². The van der Waals surface area contributed by atoms with Crippen LogP contribution in [-0.2, 0) is 32.5 Å². The topological polar surface area (TPSA) is 86.8 Å². The molecule has 9 heteroatoms. The van der Waals surface area contributed by atoms with Gasteiger partial charge < -0.3 is 5.32 Å². The van der Waals surface area contributed by atoms with Gasteiger partial charge in [0.25, 0.3) is 0 Å². The predicted octanol–water partition coefficient (Wildman–Crippen LogP) is 2.42. The van der Waals surface area contributed by atoms with E-state index in [2.05, 4.69) is 5.32 Å². The number of fused-ring (bicyclic) bond motifs is 1. The molecule has 0 unspecified atom stereocenters. The second kappa shape index (κ2) is 9.28. The molecular weight excluding hydrogens is 422 g/mol. The highest BCUT2D eigenvalue weighted by atomic mass is 32.2. The molecule has 3 rings (SSSR count). The Balaban J connectivity index is 1.80. The predicted molar refractivity (Wildman–Crippen MR) is 118 cm³/mol. The van der Waals surface area contributed by atoms with Gasteiger partial charge in [-0.2, -0.15) is 4.31 Å². The largest absolute Gasteiger partial charge is 0.354 e. The minimum atomic E-state index is -3.61. The Labute approximate surface area is 181 Å². The van der Waals surface area contributed by atoms with E-state index >= 15 is 0 Å². The standard InChI is InChI=1S/C21H27N3O4S2/c1-4-23(5-2)30(27,28)18-8-9-19-16(13-18)14-20(24(19)15(3)25)21(26)22-11-10-17-7-6-12-29-17/h6-9,12-13,20H,4-5,10-11,14H2,1-3H3,(H,22,26)/t20-/m1/s1. The molecule has 1 aliphatic heterocycles. The fourth-order valence-corrected chi connectivity index (χ4v) is 6.00. The number of nitrogens with one attached hydrogen (secondary N) is 1. The summed E-state index contributed by atoms with van der Waals surface area (Å²) >= 11 is 1.64. The van der Waals surface area contributed by atoms with Crippen molar-refractivity contribution in [2.75, 3.05) is 24.5 Å². The van der Waals surface area contributed by atoms with Crippen LogP contribution in [0.2, 0.25) is 0 Å². The summed E-state index contributed by atoms with van der Waals surface area (Å²) in [6.45, 7) is 6.25. The average molecular weight is 450 g/mol. The highest BCUT2D eigenvalue weighted by Gasteiger charge is 2.37. The summed E-state index contributed by atoms with van der Waals surface area (Å²) in [6, 6.07) is 8.05. The second-order valence-electron chi connectivity index (χ2n) is 7.11. The molecule has 2 amide bonds. The summed E-state index contributed by atoms with van der Waals surface area (Å²) in [7, 11) is -3.61.